The molecule has 5 heteroatoms. The summed E-state index contributed by atoms with van der Waals surface area (Å²) in [7, 11) is 3.83. The van der Waals surface area contributed by atoms with Crippen LogP contribution in [0.1, 0.15) is 37.2 Å². The van der Waals surface area contributed by atoms with E-state index in [1.165, 1.54) is 18.4 Å². The van der Waals surface area contributed by atoms with Crippen molar-refractivity contribution in [1.29, 1.82) is 0 Å². The largest absolute Gasteiger partial charge is 0.497 e. The van der Waals surface area contributed by atoms with E-state index >= 15 is 0 Å². The topological polar surface area (TPSA) is 44.8 Å². The summed E-state index contributed by atoms with van der Waals surface area (Å²) in [6.07, 6.45) is 4.76. The Morgan fingerprint density at radius 2 is 1.81 bits per heavy atom. The molecule has 3 atom stereocenters. The maximum absolute atomic E-state index is 13.4. The molecule has 1 N–H and O–H groups in total. The van der Waals surface area contributed by atoms with Crippen molar-refractivity contribution in [1.82, 2.24) is 15.1 Å². The number of nitrogens with zero attached hydrogens (tertiary/aromatic N) is 2. The Balaban J connectivity index is 1.48. The molecular weight excluding hydrogens is 338 g/mol. The van der Waals surface area contributed by atoms with Gasteiger partial charge in [-0.05, 0) is 68.8 Å². The monoisotopic (exact) mass is 371 g/mol. The zero-order valence-corrected chi connectivity index (χ0v) is 16.7. The number of carbonyl (C=O) groups is 1. The van der Waals surface area contributed by atoms with Gasteiger partial charge in [0, 0.05) is 38.1 Å². The molecule has 0 unspecified atom stereocenters. The van der Waals surface area contributed by atoms with Gasteiger partial charge in [0.2, 0.25) is 5.91 Å². The second-order valence-electron chi connectivity index (χ2n) is 8.63. The first-order chi connectivity index (χ1) is 13.1. The number of hydrogen-bond acceptors (Lipinski definition) is 4. The van der Waals surface area contributed by atoms with E-state index in [0.29, 0.717) is 17.9 Å². The lowest BCUT2D eigenvalue weighted by molar-refractivity contribution is -0.137. The predicted octanol–water partition coefficient (Wildman–Crippen LogP) is 2.33. The molecule has 5 nitrogen and oxygen atoms in total. The van der Waals surface area contributed by atoms with Crippen molar-refractivity contribution >= 4 is 5.91 Å². The molecule has 2 aliphatic carbocycles. The van der Waals surface area contributed by atoms with E-state index in [2.05, 4.69) is 34.3 Å². The molecule has 1 saturated heterocycles. The summed E-state index contributed by atoms with van der Waals surface area (Å²) in [6, 6.07) is 8.81. The summed E-state index contributed by atoms with van der Waals surface area (Å²) in [5.41, 5.74) is 1.28. The third-order valence-corrected chi connectivity index (χ3v) is 6.63. The average Bonchev–Trinajstić information content (AvgIpc) is 3.44. The van der Waals surface area contributed by atoms with E-state index < -0.39 is 0 Å². The Bertz CT molecular complexity index is 635. The molecule has 1 heterocycles. The molecule has 27 heavy (non-hydrogen) atoms. The fourth-order valence-corrected chi connectivity index (χ4v) is 4.61. The zero-order chi connectivity index (χ0) is 18.8. The Kier molecular flexibility index (Phi) is 5.69. The SMILES string of the molecule is COc1ccc([C@H]2C[C@H](NCC3CC3)C[C@@H]2C(=O)N2CCN(C)CC2)cc1. The molecule has 0 spiro atoms. The van der Waals surface area contributed by atoms with E-state index in [-0.39, 0.29) is 5.92 Å². The van der Waals surface area contributed by atoms with Gasteiger partial charge < -0.3 is 19.9 Å². The Hall–Kier alpha value is -1.59. The van der Waals surface area contributed by atoms with Crippen molar-refractivity contribution < 1.29 is 9.53 Å². The number of rotatable bonds is 6. The standard InChI is InChI=1S/C22H33N3O2/c1-24-9-11-25(12-10-24)22(26)21-14-18(23-15-16-3-4-16)13-20(21)17-5-7-19(27-2)8-6-17/h5-8,16,18,20-21,23H,3-4,9-15H2,1-2H3/t18-,20+,21-/m0/s1. The second kappa shape index (κ2) is 8.19. The third kappa shape index (κ3) is 4.46. The molecule has 0 bridgehead atoms. The number of likely N-dealkylation sites (N-methyl/N-ethyl adjacent to an activating group) is 1. The smallest absolute Gasteiger partial charge is 0.226 e. The highest BCUT2D eigenvalue weighted by molar-refractivity contribution is 5.80. The van der Waals surface area contributed by atoms with Crippen molar-refractivity contribution in [2.75, 3.05) is 46.9 Å². The Morgan fingerprint density at radius 3 is 2.44 bits per heavy atom. The van der Waals surface area contributed by atoms with Crippen LogP contribution in [0.2, 0.25) is 0 Å². The molecule has 3 fully saturated rings. The first-order valence-corrected chi connectivity index (χ1v) is 10.5. The summed E-state index contributed by atoms with van der Waals surface area (Å²) in [6.45, 7) is 4.81. The number of amides is 1. The van der Waals surface area contributed by atoms with Crippen LogP contribution in [0.3, 0.4) is 0 Å². The van der Waals surface area contributed by atoms with Gasteiger partial charge in [-0.2, -0.15) is 0 Å². The van der Waals surface area contributed by atoms with Crippen molar-refractivity contribution in [3.8, 4) is 5.75 Å². The van der Waals surface area contributed by atoms with Crippen LogP contribution in [-0.2, 0) is 4.79 Å². The van der Waals surface area contributed by atoms with Gasteiger partial charge in [-0.1, -0.05) is 12.1 Å². The van der Waals surface area contributed by atoms with Crippen LogP contribution >= 0.6 is 0 Å². The number of benzene rings is 1. The lowest BCUT2D eigenvalue weighted by Crippen LogP contribution is -2.49. The minimum Gasteiger partial charge on any atom is -0.497 e. The summed E-state index contributed by atoms with van der Waals surface area (Å²) in [4.78, 5) is 17.8. The normalized spacial score (nSPS) is 29.1. The van der Waals surface area contributed by atoms with Gasteiger partial charge in [0.15, 0.2) is 0 Å². The van der Waals surface area contributed by atoms with Gasteiger partial charge in [-0.3, -0.25) is 4.79 Å². The predicted molar refractivity (Wildman–Crippen MR) is 107 cm³/mol. The molecule has 2 saturated carbocycles. The molecule has 3 aliphatic rings. The zero-order valence-electron chi connectivity index (χ0n) is 16.7. The Labute approximate surface area is 163 Å². The average molecular weight is 372 g/mol. The molecule has 1 aromatic rings. The van der Waals surface area contributed by atoms with E-state index in [1.54, 1.807) is 7.11 Å². The summed E-state index contributed by atoms with van der Waals surface area (Å²) >= 11 is 0. The van der Waals surface area contributed by atoms with Gasteiger partial charge >= 0.3 is 0 Å². The van der Waals surface area contributed by atoms with E-state index in [9.17, 15) is 4.79 Å². The number of hydrogen-bond donors (Lipinski definition) is 1. The van der Waals surface area contributed by atoms with Crippen LogP contribution in [0.4, 0.5) is 0 Å². The number of ether oxygens (including phenoxy) is 1. The van der Waals surface area contributed by atoms with Gasteiger partial charge in [-0.15, -0.1) is 0 Å². The molecule has 1 amide bonds. The van der Waals surface area contributed by atoms with Gasteiger partial charge in [0.05, 0.1) is 7.11 Å². The molecule has 1 aliphatic heterocycles. The van der Waals surface area contributed by atoms with Crippen LogP contribution in [-0.4, -0.2) is 68.6 Å². The number of nitrogens with one attached hydrogen (secondary N) is 1. The van der Waals surface area contributed by atoms with Crippen molar-refractivity contribution in [2.24, 2.45) is 11.8 Å². The minimum atomic E-state index is 0.0958. The quantitative estimate of drug-likeness (QED) is 0.834. The Morgan fingerprint density at radius 1 is 1.11 bits per heavy atom. The fraction of sp³-hybridized carbons (Fsp3) is 0.682. The number of piperazine rings is 1. The van der Waals surface area contributed by atoms with Crippen LogP contribution in [0.25, 0.3) is 0 Å². The van der Waals surface area contributed by atoms with Crippen molar-refractivity contribution in [3.05, 3.63) is 29.8 Å². The lowest BCUT2D eigenvalue weighted by Gasteiger charge is -2.35. The van der Waals surface area contributed by atoms with Crippen LogP contribution in [0.15, 0.2) is 24.3 Å². The molecule has 148 valence electrons. The molecule has 0 radical (unpaired) electrons. The summed E-state index contributed by atoms with van der Waals surface area (Å²) < 4.78 is 5.31. The van der Waals surface area contributed by atoms with Gasteiger partial charge in [-0.25, -0.2) is 0 Å². The highest BCUT2D eigenvalue weighted by Gasteiger charge is 2.41. The van der Waals surface area contributed by atoms with Crippen LogP contribution in [0, 0.1) is 11.8 Å². The maximum Gasteiger partial charge on any atom is 0.226 e. The first kappa shape index (κ1) is 18.8. The van der Waals surface area contributed by atoms with Crippen LogP contribution in [0.5, 0.6) is 5.75 Å². The highest BCUT2D eigenvalue weighted by atomic mass is 16.5. The fourth-order valence-electron chi connectivity index (χ4n) is 4.61. The van der Waals surface area contributed by atoms with Gasteiger partial charge in [0.25, 0.3) is 0 Å². The van der Waals surface area contributed by atoms with Crippen molar-refractivity contribution in [2.45, 2.75) is 37.6 Å². The highest BCUT2D eigenvalue weighted by Crippen LogP contribution is 2.42. The number of methoxy groups -OCH3 is 1. The molecule has 0 aromatic heterocycles. The van der Waals surface area contributed by atoms with E-state index in [0.717, 1.165) is 57.2 Å². The molecule has 4 rings (SSSR count). The summed E-state index contributed by atoms with van der Waals surface area (Å²) in [5.74, 6) is 2.51. The lowest BCUT2D eigenvalue weighted by atomic mass is 9.87. The van der Waals surface area contributed by atoms with Crippen LogP contribution < -0.4 is 10.1 Å². The van der Waals surface area contributed by atoms with Crippen molar-refractivity contribution in [3.63, 3.8) is 0 Å². The third-order valence-electron chi connectivity index (χ3n) is 6.63. The minimum absolute atomic E-state index is 0.0958. The molecular formula is C22H33N3O2. The summed E-state index contributed by atoms with van der Waals surface area (Å²) in [5, 5.41) is 3.76. The van der Waals surface area contributed by atoms with Gasteiger partial charge in [0.1, 0.15) is 5.75 Å². The first-order valence-electron chi connectivity index (χ1n) is 10.5. The maximum atomic E-state index is 13.4. The van der Waals surface area contributed by atoms with E-state index in [4.69, 9.17) is 4.74 Å². The van der Waals surface area contributed by atoms with E-state index in [1.807, 2.05) is 12.1 Å². The number of carbonyl (C=O) groups excluding carboxylic acids is 1. The molecule has 1 aromatic carbocycles. The second-order valence-corrected chi connectivity index (χ2v) is 8.63.